The van der Waals surface area contributed by atoms with Crippen LogP contribution in [-0.2, 0) is 11.2 Å². The molecule has 1 atom stereocenters. The first-order valence-electron chi connectivity index (χ1n) is 12.0. The Kier molecular flexibility index (Phi) is 9.43. The maximum atomic E-state index is 11.8. The average molecular weight is 447 g/mol. The normalized spacial score (nSPS) is 11.7. The van der Waals surface area contributed by atoms with Crippen LogP contribution < -0.4 is 4.74 Å². The second-order valence-corrected chi connectivity index (χ2v) is 8.50. The van der Waals surface area contributed by atoms with Crippen LogP contribution in [0.2, 0.25) is 0 Å². The van der Waals surface area contributed by atoms with E-state index in [1.807, 2.05) is 55.7 Å². The lowest BCUT2D eigenvalue weighted by Gasteiger charge is -2.10. The number of aryl methyl sites for hydroxylation is 1. The molecule has 0 unspecified atom stereocenters. The number of aromatic nitrogens is 2. The predicted octanol–water partition coefficient (Wildman–Crippen LogP) is 7.49. The number of hydrogen-bond donors (Lipinski definition) is 0. The summed E-state index contributed by atoms with van der Waals surface area (Å²) in [4.78, 5) is 20.9. The Morgan fingerprint density at radius 2 is 1.45 bits per heavy atom. The maximum Gasteiger partial charge on any atom is 0.513 e. The van der Waals surface area contributed by atoms with Crippen molar-refractivity contribution in [2.24, 2.45) is 5.92 Å². The van der Waals surface area contributed by atoms with Gasteiger partial charge in [-0.1, -0.05) is 82.9 Å². The lowest BCUT2D eigenvalue weighted by Crippen LogP contribution is -2.15. The molecule has 1 heterocycles. The van der Waals surface area contributed by atoms with Crippen LogP contribution in [0.25, 0.3) is 22.5 Å². The molecule has 0 fully saturated rings. The van der Waals surface area contributed by atoms with Gasteiger partial charge in [-0.3, -0.25) is 0 Å². The molecule has 5 heteroatoms. The molecular weight excluding hydrogens is 412 g/mol. The Bertz CT molecular complexity index is 983. The third kappa shape index (κ3) is 7.70. The van der Waals surface area contributed by atoms with Gasteiger partial charge in [-0.15, -0.1) is 0 Å². The third-order valence-corrected chi connectivity index (χ3v) is 5.74. The van der Waals surface area contributed by atoms with E-state index < -0.39 is 6.16 Å². The van der Waals surface area contributed by atoms with Gasteiger partial charge in [-0.2, -0.15) is 0 Å². The zero-order chi connectivity index (χ0) is 23.5. The fraction of sp³-hybridized carbons (Fsp3) is 0.393. The first-order chi connectivity index (χ1) is 16.1. The monoisotopic (exact) mass is 446 g/mol. The Morgan fingerprint density at radius 3 is 2.06 bits per heavy atom. The van der Waals surface area contributed by atoms with Gasteiger partial charge in [0.2, 0.25) is 0 Å². The molecule has 0 spiro atoms. The third-order valence-electron chi connectivity index (χ3n) is 5.74. The number of nitrogens with zero attached hydrogens (tertiary/aromatic N) is 2. The van der Waals surface area contributed by atoms with Crippen LogP contribution in [-0.4, -0.2) is 22.7 Å². The highest BCUT2D eigenvalue weighted by Crippen LogP contribution is 2.25. The highest BCUT2D eigenvalue weighted by Gasteiger charge is 2.09. The molecule has 0 N–H and O–H groups in total. The van der Waals surface area contributed by atoms with Crippen molar-refractivity contribution < 1.29 is 14.3 Å². The molecule has 0 aliphatic heterocycles. The number of carbonyl (C=O) groups excluding carboxylic acids is 1. The van der Waals surface area contributed by atoms with E-state index >= 15 is 0 Å². The van der Waals surface area contributed by atoms with Crippen molar-refractivity contribution in [3.8, 4) is 28.3 Å². The van der Waals surface area contributed by atoms with Gasteiger partial charge in [-0.05, 0) is 47.6 Å². The highest BCUT2D eigenvalue weighted by molar-refractivity contribution is 5.69. The van der Waals surface area contributed by atoms with E-state index in [1.54, 1.807) is 12.1 Å². The molecule has 0 bridgehead atoms. The van der Waals surface area contributed by atoms with Crippen molar-refractivity contribution in [3.63, 3.8) is 0 Å². The van der Waals surface area contributed by atoms with E-state index in [0.717, 1.165) is 35.4 Å². The van der Waals surface area contributed by atoms with E-state index in [2.05, 4.69) is 23.8 Å². The molecular formula is C28H34N2O3. The molecule has 0 saturated carbocycles. The Morgan fingerprint density at radius 1 is 0.848 bits per heavy atom. The van der Waals surface area contributed by atoms with E-state index in [-0.39, 0.29) is 0 Å². The summed E-state index contributed by atoms with van der Waals surface area (Å²) < 4.78 is 10.4. The zero-order valence-corrected chi connectivity index (χ0v) is 19.9. The van der Waals surface area contributed by atoms with Crippen LogP contribution in [0.5, 0.6) is 5.75 Å². The molecule has 2 aromatic carbocycles. The fourth-order valence-electron chi connectivity index (χ4n) is 3.37. The highest BCUT2D eigenvalue weighted by atomic mass is 16.7. The topological polar surface area (TPSA) is 61.3 Å². The van der Waals surface area contributed by atoms with Gasteiger partial charge >= 0.3 is 6.16 Å². The number of carbonyl (C=O) groups is 1. The first kappa shape index (κ1) is 24.4. The van der Waals surface area contributed by atoms with Gasteiger partial charge in [0.15, 0.2) is 5.82 Å². The number of benzene rings is 2. The Balaban J connectivity index is 1.56. The van der Waals surface area contributed by atoms with Crippen molar-refractivity contribution in [1.82, 2.24) is 9.97 Å². The van der Waals surface area contributed by atoms with Crippen molar-refractivity contribution in [1.29, 1.82) is 0 Å². The van der Waals surface area contributed by atoms with Crippen molar-refractivity contribution >= 4 is 6.16 Å². The number of rotatable bonds is 11. The van der Waals surface area contributed by atoms with Gasteiger partial charge in [0.1, 0.15) is 5.75 Å². The summed E-state index contributed by atoms with van der Waals surface area (Å²) in [5.74, 6) is 1.52. The zero-order valence-electron chi connectivity index (χ0n) is 19.9. The molecule has 174 valence electrons. The maximum absolute atomic E-state index is 11.8. The molecule has 0 aliphatic carbocycles. The predicted molar refractivity (Wildman–Crippen MR) is 132 cm³/mol. The Hall–Kier alpha value is -3.21. The molecule has 3 aromatic rings. The summed E-state index contributed by atoms with van der Waals surface area (Å²) in [6.07, 6.45) is 10.2. The quantitative estimate of drug-likeness (QED) is 0.173. The molecule has 0 radical (unpaired) electrons. The second kappa shape index (κ2) is 12.7. The lowest BCUT2D eigenvalue weighted by atomic mass is 10.0. The number of hydrogen-bond acceptors (Lipinski definition) is 5. The van der Waals surface area contributed by atoms with Crippen molar-refractivity contribution in [3.05, 3.63) is 66.5 Å². The molecule has 1 aromatic heterocycles. The number of ether oxygens (including phenoxy) is 2. The smallest absolute Gasteiger partial charge is 0.434 e. The van der Waals surface area contributed by atoms with Gasteiger partial charge in [0, 0.05) is 18.0 Å². The molecule has 33 heavy (non-hydrogen) atoms. The summed E-state index contributed by atoms with van der Waals surface area (Å²) >= 11 is 0. The van der Waals surface area contributed by atoms with Crippen LogP contribution in [0, 0.1) is 5.92 Å². The fourth-order valence-corrected chi connectivity index (χ4v) is 3.37. The van der Waals surface area contributed by atoms with Gasteiger partial charge in [-0.25, -0.2) is 14.8 Å². The summed E-state index contributed by atoms with van der Waals surface area (Å²) in [6.45, 7) is 6.68. The van der Waals surface area contributed by atoms with Gasteiger partial charge in [0.05, 0.1) is 6.61 Å². The van der Waals surface area contributed by atoms with E-state index in [0.29, 0.717) is 18.3 Å². The molecule has 0 amide bonds. The van der Waals surface area contributed by atoms with Crippen molar-refractivity contribution in [2.75, 3.05) is 6.61 Å². The molecule has 0 saturated heterocycles. The Labute approximate surface area is 197 Å². The second-order valence-electron chi connectivity index (χ2n) is 8.50. The molecule has 3 rings (SSSR count). The van der Waals surface area contributed by atoms with E-state index in [1.165, 1.54) is 31.2 Å². The minimum atomic E-state index is -0.667. The molecule has 5 nitrogen and oxygen atoms in total. The summed E-state index contributed by atoms with van der Waals surface area (Å²) in [7, 11) is 0. The van der Waals surface area contributed by atoms with Crippen LogP contribution in [0.1, 0.15) is 58.4 Å². The first-order valence-corrected chi connectivity index (χ1v) is 12.0. The minimum absolute atomic E-state index is 0.321. The van der Waals surface area contributed by atoms with Crippen molar-refractivity contribution in [2.45, 2.75) is 59.3 Å². The largest absolute Gasteiger partial charge is 0.513 e. The van der Waals surface area contributed by atoms with E-state index in [4.69, 9.17) is 9.47 Å². The number of unbranched alkanes of at least 4 members (excludes halogenated alkanes) is 3. The van der Waals surface area contributed by atoms with Gasteiger partial charge in [0.25, 0.3) is 0 Å². The van der Waals surface area contributed by atoms with E-state index in [9.17, 15) is 4.79 Å². The minimum Gasteiger partial charge on any atom is -0.434 e. The summed E-state index contributed by atoms with van der Waals surface area (Å²) in [6, 6.07) is 15.6. The molecule has 0 aliphatic rings. The van der Waals surface area contributed by atoms with Gasteiger partial charge < -0.3 is 9.47 Å². The summed E-state index contributed by atoms with van der Waals surface area (Å²) in [5.41, 5.74) is 4.28. The standard InChI is InChI=1S/C28H34N2O3/c1-4-6-7-8-9-22-18-29-27(30-19-22)25-12-10-23(11-13-25)24-14-16-26(17-15-24)33-28(31)32-20-21(3)5-2/h10-19,21H,4-9,20H2,1-3H3/t21-/m0/s1. The average Bonchev–Trinajstić information content (AvgIpc) is 2.86. The summed E-state index contributed by atoms with van der Waals surface area (Å²) in [5, 5.41) is 0. The van der Waals surface area contributed by atoms with Crippen LogP contribution in [0.15, 0.2) is 60.9 Å². The van der Waals surface area contributed by atoms with Crippen LogP contribution in [0.4, 0.5) is 4.79 Å². The van der Waals surface area contributed by atoms with Crippen LogP contribution >= 0.6 is 0 Å². The lowest BCUT2D eigenvalue weighted by molar-refractivity contribution is 0.0857. The SMILES string of the molecule is CCCCCCc1cnc(-c2ccc(-c3ccc(OC(=O)OC[C@@H](C)CC)cc3)cc2)nc1. The van der Waals surface area contributed by atoms with Crippen LogP contribution in [0.3, 0.4) is 0 Å².